The topological polar surface area (TPSA) is 89.6 Å². The van der Waals surface area contributed by atoms with Crippen molar-refractivity contribution < 1.29 is 9.53 Å². The fourth-order valence-corrected chi connectivity index (χ4v) is 4.91. The van der Waals surface area contributed by atoms with Gasteiger partial charge in [0, 0.05) is 31.0 Å². The van der Waals surface area contributed by atoms with Crippen LogP contribution in [0.4, 0.5) is 5.69 Å². The number of fused-ring (bicyclic) bond motifs is 1. The summed E-state index contributed by atoms with van der Waals surface area (Å²) in [6.45, 7) is 2.00. The first-order valence-corrected chi connectivity index (χ1v) is 9.86. The lowest BCUT2D eigenvalue weighted by atomic mass is 9.81. The van der Waals surface area contributed by atoms with Crippen molar-refractivity contribution in [1.82, 2.24) is 4.98 Å². The maximum atomic E-state index is 12.5. The molecule has 1 aromatic heterocycles. The Bertz CT molecular complexity index is 897. The Morgan fingerprint density at radius 2 is 2.14 bits per heavy atom. The molecule has 2 atom stereocenters. The van der Waals surface area contributed by atoms with Gasteiger partial charge in [0.15, 0.2) is 5.17 Å². The molecule has 156 valence electrons. The van der Waals surface area contributed by atoms with Gasteiger partial charge in [-0.15, -0.1) is 24.8 Å². The lowest BCUT2D eigenvalue weighted by Crippen LogP contribution is -2.46. The van der Waals surface area contributed by atoms with E-state index in [2.05, 4.69) is 21.4 Å². The van der Waals surface area contributed by atoms with Crippen LogP contribution in [0.25, 0.3) is 0 Å². The number of hydrogen-bond donors (Lipinski definition) is 2. The molecule has 6 nitrogen and oxygen atoms in total. The van der Waals surface area contributed by atoms with Gasteiger partial charge in [-0.05, 0) is 36.2 Å². The van der Waals surface area contributed by atoms with Gasteiger partial charge >= 0.3 is 0 Å². The van der Waals surface area contributed by atoms with Crippen LogP contribution in [0.15, 0.2) is 47.6 Å². The van der Waals surface area contributed by atoms with Crippen molar-refractivity contribution in [3.63, 3.8) is 0 Å². The van der Waals surface area contributed by atoms with E-state index in [4.69, 9.17) is 22.1 Å². The number of ether oxygens (including phenoxy) is 1. The zero-order chi connectivity index (χ0) is 18.9. The predicted octanol–water partition coefficient (Wildman–Crippen LogP) is 4.12. The van der Waals surface area contributed by atoms with Gasteiger partial charge in [-0.1, -0.05) is 35.5 Å². The highest BCUT2D eigenvalue weighted by Crippen LogP contribution is 2.50. The number of pyridine rings is 1. The monoisotopic (exact) mass is 474 g/mol. The van der Waals surface area contributed by atoms with Gasteiger partial charge in [-0.2, -0.15) is 0 Å². The Morgan fingerprint density at radius 1 is 1.31 bits per heavy atom. The summed E-state index contributed by atoms with van der Waals surface area (Å²) in [5, 5.41) is 4.01. The fraction of sp³-hybridized carbons (Fsp3) is 0.316. The number of thioether (sulfide) groups is 1. The molecule has 0 aliphatic carbocycles. The maximum Gasteiger partial charge on any atom is 0.274 e. The van der Waals surface area contributed by atoms with Gasteiger partial charge in [-0.25, -0.2) is 4.98 Å². The summed E-state index contributed by atoms with van der Waals surface area (Å²) >= 11 is 7.44. The third kappa shape index (κ3) is 4.98. The number of carbonyl (C=O) groups excluding carboxylic acids is 1. The zero-order valence-electron chi connectivity index (χ0n) is 15.3. The smallest absolute Gasteiger partial charge is 0.274 e. The second-order valence-electron chi connectivity index (χ2n) is 6.59. The maximum absolute atomic E-state index is 12.5. The SMILES string of the molecule is Cl.Cl.NC1=NCC2COCC[C@]2(c2cccc(NC(=O)c3ccc(Cl)cn3)c2)S1. The van der Waals surface area contributed by atoms with Crippen LogP contribution in [0.5, 0.6) is 0 Å². The number of hydrogen-bond acceptors (Lipinski definition) is 6. The van der Waals surface area contributed by atoms with Gasteiger partial charge in [0.1, 0.15) is 5.69 Å². The summed E-state index contributed by atoms with van der Waals surface area (Å²) in [7, 11) is 0. The highest BCUT2D eigenvalue weighted by Gasteiger charge is 2.46. The number of nitrogens with zero attached hydrogens (tertiary/aromatic N) is 2. The number of amidine groups is 1. The molecule has 1 fully saturated rings. The van der Waals surface area contributed by atoms with Crippen LogP contribution in [0.3, 0.4) is 0 Å². The molecule has 0 spiro atoms. The summed E-state index contributed by atoms with van der Waals surface area (Å²) in [4.78, 5) is 20.9. The van der Waals surface area contributed by atoms with E-state index in [1.165, 1.54) is 6.20 Å². The average molecular weight is 476 g/mol. The van der Waals surface area contributed by atoms with Crippen LogP contribution in [-0.2, 0) is 9.48 Å². The van der Waals surface area contributed by atoms with E-state index >= 15 is 0 Å². The van der Waals surface area contributed by atoms with Crippen molar-refractivity contribution in [2.45, 2.75) is 11.2 Å². The molecule has 1 unspecified atom stereocenters. The van der Waals surface area contributed by atoms with E-state index in [-0.39, 0.29) is 41.4 Å². The van der Waals surface area contributed by atoms with Crippen molar-refractivity contribution in [3.8, 4) is 0 Å². The second kappa shape index (κ2) is 10.00. The van der Waals surface area contributed by atoms with Gasteiger partial charge in [0.25, 0.3) is 5.91 Å². The molecule has 0 saturated carbocycles. The van der Waals surface area contributed by atoms with Crippen LogP contribution < -0.4 is 11.1 Å². The summed E-state index contributed by atoms with van der Waals surface area (Å²) in [5.74, 6) is -0.0188. The van der Waals surface area contributed by atoms with Crippen molar-refractivity contribution >= 4 is 64.9 Å². The fourth-order valence-electron chi connectivity index (χ4n) is 3.55. The normalized spacial score (nSPS) is 22.9. The minimum atomic E-state index is -0.276. The van der Waals surface area contributed by atoms with E-state index in [0.29, 0.717) is 35.6 Å². The number of aliphatic imine (C=N–C) groups is 1. The predicted molar refractivity (Wildman–Crippen MR) is 123 cm³/mol. The zero-order valence-corrected chi connectivity index (χ0v) is 18.5. The Kier molecular flexibility index (Phi) is 8.19. The van der Waals surface area contributed by atoms with Crippen molar-refractivity contribution in [2.24, 2.45) is 16.6 Å². The molecule has 1 amide bonds. The number of benzene rings is 1. The van der Waals surface area contributed by atoms with Gasteiger partial charge < -0.3 is 15.8 Å². The van der Waals surface area contributed by atoms with E-state index < -0.39 is 0 Å². The third-order valence-electron chi connectivity index (χ3n) is 4.92. The standard InChI is InChI=1S/C19H19ClN4O2S.2ClH/c20-14-4-5-16(22-10-14)17(25)24-15-3-1-2-12(8-15)19-6-7-26-11-13(19)9-23-18(21)27-19;;/h1-5,8,10,13H,6-7,9,11H2,(H2,21,23)(H,24,25);2*1H/t13?,19-;;/m1../s1. The van der Waals surface area contributed by atoms with E-state index in [1.54, 1.807) is 23.9 Å². The highest BCUT2D eigenvalue weighted by molar-refractivity contribution is 8.14. The van der Waals surface area contributed by atoms with Gasteiger partial charge in [-0.3, -0.25) is 9.79 Å². The Labute approximate surface area is 190 Å². The summed E-state index contributed by atoms with van der Waals surface area (Å²) < 4.78 is 5.49. The first kappa shape index (κ1) is 23.8. The number of aromatic nitrogens is 1. The molecule has 3 N–H and O–H groups in total. The molecule has 1 saturated heterocycles. The van der Waals surface area contributed by atoms with Crippen LogP contribution >= 0.6 is 48.2 Å². The molecular weight excluding hydrogens is 455 g/mol. The molecule has 3 heterocycles. The Morgan fingerprint density at radius 3 is 2.90 bits per heavy atom. The number of anilines is 1. The molecule has 1 aromatic carbocycles. The quantitative estimate of drug-likeness (QED) is 0.697. The second-order valence-corrected chi connectivity index (χ2v) is 8.38. The number of halogens is 3. The van der Waals surface area contributed by atoms with Gasteiger partial charge in [0.2, 0.25) is 0 Å². The van der Waals surface area contributed by atoms with Crippen LogP contribution in [0, 0.1) is 5.92 Å². The number of nitrogens with two attached hydrogens (primary N) is 1. The van der Waals surface area contributed by atoms with E-state index in [1.807, 2.05) is 18.2 Å². The summed E-state index contributed by atoms with van der Waals surface area (Å²) in [6, 6.07) is 11.2. The van der Waals surface area contributed by atoms with Crippen molar-refractivity contribution in [3.05, 3.63) is 58.9 Å². The third-order valence-corrected chi connectivity index (χ3v) is 6.62. The Hall–Kier alpha value is -1.51. The highest BCUT2D eigenvalue weighted by atomic mass is 35.5. The minimum absolute atomic E-state index is 0. The molecule has 0 bridgehead atoms. The van der Waals surface area contributed by atoms with E-state index in [0.717, 1.165) is 17.7 Å². The Balaban J connectivity index is 0.00000150. The average Bonchev–Trinajstić information content (AvgIpc) is 2.68. The van der Waals surface area contributed by atoms with Crippen LogP contribution in [0.2, 0.25) is 5.02 Å². The molecule has 4 rings (SSSR count). The molecule has 29 heavy (non-hydrogen) atoms. The molecule has 2 aliphatic rings. The first-order chi connectivity index (χ1) is 13.1. The molecular formula is C19H21Cl3N4O2S. The summed E-state index contributed by atoms with van der Waals surface area (Å²) in [5.41, 5.74) is 8.21. The number of nitrogens with one attached hydrogen (secondary N) is 1. The first-order valence-electron chi connectivity index (χ1n) is 8.67. The molecule has 2 aliphatic heterocycles. The molecule has 2 aromatic rings. The lowest BCUT2D eigenvalue weighted by molar-refractivity contribution is 0.0328. The molecule has 0 radical (unpaired) electrons. The van der Waals surface area contributed by atoms with Gasteiger partial charge in [0.05, 0.1) is 16.4 Å². The minimum Gasteiger partial charge on any atom is -0.381 e. The van der Waals surface area contributed by atoms with Crippen LogP contribution in [-0.4, -0.2) is 35.8 Å². The molecule has 10 heteroatoms. The number of rotatable bonds is 3. The lowest BCUT2D eigenvalue weighted by Gasteiger charge is -2.45. The van der Waals surface area contributed by atoms with Crippen molar-refractivity contribution in [2.75, 3.05) is 25.1 Å². The van der Waals surface area contributed by atoms with E-state index in [9.17, 15) is 4.79 Å². The van der Waals surface area contributed by atoms with Crippen molar-refractivity contribution in [1.29, 1.82) is 0 Å². The van der Waals surface area contributed by atoms with Crippen LogP contribution in [0.1, 0.15) is 22.5 Å². The summed E-state index contributed by atoms with van der Waals surface area (Å²) in [6.07, 6.45) is 2.31. The number of carbonyl (C=O) groups is 1. The number of amides is 1. The largest absolute Gasteiger partial charge is 0.381 e.